The number of nitrogens with zero attached hydrogens (tertiary/aromatic N) is 1. The zero-order valence-corrected chi connectivity index (χ0v) is 6.85. The van der Waals surface area contributed by atoms with Gasteiger partial charge >= 0.3 is 0 Å². The van der Waals surface area contributed by atoms with Crippen molar-refractivity contribution < 1.29 is 0 Å². The first-order valence-electron chi connectivity index (χ1n) is 3.80. The van der Waals surface area contributed by atoms with Crippen LogP contribution >= 0.6 is 0 Å². The molecule has 2 heteroatoms. The van der Waals surface area contributed by atoms with E-state index >= 15 is 0 Å². The van der Waals surface area contributed by atoms with Crippen molar-refractivity contribution in [3.05, 3.63) is 6.08 Å². The molecule has 0 aliphatic heterocycles. The van der Waals surface area contributed by atoms with Gasteiger partial charge in [0.2, 0.25) is 0 Å². The summed E-state index contributed by atoms with van der Waals surface area (Å²) < 4.78 is 0. The van der Waals surface area contributed by atoms with Gasteiger partial charge in [-0.1, -0.05) is 0 Å². The van der Waals surface area contributed by atoms with Crippen LogP contribution in [0.4, 0.5) is 0 Å². The fourth-order valence-corrected chi connectivity index (χ4v) is 0.601. The Morgan fingerprint density at radius 3 is 3.00 bits per heavy atom. The van der Waals surface area contributed by atoms with Crippen LogP contribution in [0.1, 0.15) is 19.8 Å². The van der Waals surface area contributed by atoms with E-state index in [1.807, 2.05) is 20.0 Å². The highest BCUT2D eigenvalue weighted by Gasteiger charge is 1.77. The average molecular weight is 140 g/mol. The number of nitrogens with one attached hydrogen (secondary N) is 1. The molecule has 0 aliphatic carbocycles. The summed E-state index contributed by atoms with van der Waals surface area (Å²) >= 11 is 0. The van der Waals surface area contributed by atoms with Crippen molar-refractivity contribution in [2.75, 3.05) is 20.1 Å². The first-order chi connectivity index (χ1) is 4.91. The molecule has 0 radical (unpaired) electrons. The van der Waals surface area contributed by atoms with Gasteiger partial charge in [-0.05, 0) is 45.3 Å². The molecule has 0 heterocycles. The molecule has 10 heavy (non-hydrogen) atoms. The van der Waals surface area contributed by atoms with Crippen LogP contribution in [-0.2, 0) is 0 Å². The van der Waals surface area contributed by atoms with Gasteiger partial charge in [0.1, 0.15) is 0 Å². The van der Waals surface area contributed by atoms with E-state index in [4.69, 9.17) is 0 Å². The molecule has 0 saturated heterocycles. The second kappa shape index (κ2) is 8.41. The molecule has 0 amide bonds. The van der Waals surface area contributed by atoms with Gasteiger partial charge in [0.15, 0.2) is 0 Å². The van der Waals surface area contributed by atoms with E-state index in [0.717, 1.165) is 19.5 Å². The van der Waals surface area contributed by atoms with E-state index in [9.17, 15) is 0 Å². The summed E-state index contributed by atoms with van der Waals surface area (Å²) in [7, 11) is 1.96. The molecule has 0 aromatic carbocycles. The maximum absolute atomic E-state index is 3.94. The lowest BCUT2D eigenvalue weighted by Gasteiger charge is -1.90. The normalized spacial score (nSPS) is 8.60. The quantitative estimate of drug-likeness (QED) is 0.451. The Kier molecular flexibility index (Phi) is 7.91. The molecule has 0 atom stereocenters. The van der Waals surface area contributed by atoms with Crippen LogP contribution in [0.2, 0.25) is 0 Å². The summed E-state index contributed by atoms with van der Waals surface area (Å²) in [4.78, 5) is 3.94. The summed E-state index contributed by atoms with van der Waals surface area (Å²) in [5.41, 5.74) is 0. The van der Waals surface area contributed by atoms with Gasteiger partial charge < -0.3 is 5.32 Å². The van der Waals surface area contributed by atoms with Crippen LogP contribution in [0.5, 0.6) is 0 Å². The molecule has 0 saturated carbocycles. The topological polar surface area (TPSA) is 24.4 Å². The van der Waals surface area contributed by atoms with Crippen molar-refractivity contribution >= 4 is 5.87 Å². The standard InChI is InChI=1S/C8H16N2/c1-3-10-8-6-4-5-7-9-2/h6,9H,3-5,7H2,1-2H3. The summed E-state index contributed by atoms with van der Waals surface area (Å²) in [5.74, 6) is 2.87. The van der Waals surface area contributed by atoms with Crippen LogP contribution in [0, 0.1) is 0 Å². The summed E-state index contributed by atoms with van der Waals surface area (Å²) in [6, 6.07) is 0. The molecular weight excluding hydrogens is 124 g/mol. The number of hydrogen-bond acceptors (Lipinski definition) is 2. The van der Waals surface area contributed by atoms with Crippen LogP contribution in [0.25, 0.3) is 0 Å². The molecule has 0 fully saturated rings. The summed E-state index contributed by atoms with van der Waals surface area (Å²) in [6.45, 7) is 3.92. The van der Waals surface area contributed by atoms with Crippen molar-refractivity contribution in [1.82, 2.24) is 5.32 Å². The second-order valence-corrected chi connectivity index (χ2v) is 2.05. The van der Waals surface area contributed by atoms with Crippen molar-refractivity contribution in [1.29, 1.82) is 0 Å². The van der Waals surface area contributed by atoms with E-state index in [1.165, 1.54) is 6.42 Å². The summed E-state index contributed by atoms with van der Waals surface area (Å²) in [6.07, 6.45) is 4.23. The number of allylic oxidation sites excluding steroid dienone is 1. The van der Waals surface area contributed by atoms with Crippen molar-refractivity contribution in [3.8, 4) is 0 Å². The minimum Gasteiger partial charge on any atom is -0.320 e. The molecule has 0 aromatic rings. The SMILES string of the molecule is CCN=C=CCCCNC. The third-order valence-electron chi connectivity index (χ3n) is 1.12. The Morgan fingerprint density at radius 2 is 2.40 bits per heavy atom. The van der Waals surface area contributed by atoms with E-state index in [-0.39, 0.29) is 0 Å². The Bertz CT molecular complexity index is 112. The largest absolute Gasteiger partial charge is 0.320 e. The molecule has 58 valence electrons. The predicted molar refractivity (Wildman–Crippen MR) is 45.7 cm³/mol. The molecule has 2 nitrogen and oxygen atoms in total. The third-order valence-corrected chi connectivity index (χ3v) is 1.12. The highest BCUT2D eigenvalue weighted by atomic mass is 14.8. The zero-order chi connectivity index (χ0) is 7.66. The van der Waals surface area contributed by atoms with Gasteiger partial charge in [0.05, 0.1) is 0 Å². The monoisotopic (exact) mass is 140 g/mol. The molecule has 0 unspecified atom stereocenters. The predicted octanol–water partition coefficient (Wildman–Crippen LogP) is 1.23. The molecule has 0 aliphatic rings. The highest BCUT2D eigenvalue weighted by molar-refractivity contribution is 5.51. The third kappa shape index (κ3) is 7.41. The highest BCUT2D eigenvalue weighted by Crippen LogP contribution is 1.84. The molecule has 1 N–H and O–H groups in total. The van der Waals surface area contributed by atoms with E-state index in [1.54, 1.807) is 0 Å². The average Bonchev–Trinajstić information content (AvgIpc) is 1.97. The lowest BCUT2D eigenvalue weighted by molar-refractivity contribution is 0.737. The first kappa shape index (κ1) is 9.41. The van der Waals surface area contributed by atoms with Gasteiger partial charge in [-0.2, -0.15) is 0 Å². The lowest BCUT2D eigenvalue weighted by atomic mass is 10.3. The number of hydrogen-bond donors (Lipinski definition) is 1. The van der Waals surface area contributed by atoms with Gasteiger partial charge in [-0.25, -0.2) is 4.99 Å². The Morgan fingerprint density at radius 1 is 1.60 bits per heavy atom. The van der Waals surface area contributed by atoms with Gasteiger partial charge in [0.25, 0.3) is 0 Å². The van der Waals surface area contributed by atoms with Crippen LogP contribution in [0.3, 0.4) is 0 Å². The zero-order valence-electron chi connectivity index (χ0n) is 6.85. The van der Waals surface area contributed by atoms with Crippen LogP contribution < -0.4 is 5.32 Å². The molecule has 0 rings (SSSR count). The number of aliphatic imine (C=N–C) groups is 1. The Hall–Kier alpha value is -0.590. The number of unbranched alkanes of at least 4 members (excludes halogenated alkanes) is 1. The maximum atomic E-state index is 3.94. The first-order valence-corrected chi connectivity index (χ1v) is 3.80. The molecule has 0 spiro atoms. The van der Waals surface area contributed by atoms with Crippen molar-refractivity contribution in [2.45, 2.75) is 19.8 Å². The van der Waals surface area contributed by atoms with Crippen LogP contribution in [0.15, 0.2) is 11.1 Å². The molecule has 0 bridgehead atoms. The second-order valence-electron chi connectivity index (χ2n) is 2.05. The van der Waals surface area contributed by atoms with E-state index in [2.05, 4.69) is 16.2 Å². The minimum atomic E-state index is 0.836. The number of rotatable bonds is 5. The van der Waals surface area contributed by atoms with Crippen LogP contribution in [-0.4, -0.2) is 26.0 Å². The molecule has 0 aromatic heterocycles. The fraction of sp³-hybridized carbons (Fsp3) is 0.750. The van der Waals surface area contributed by atoms with E-state index < -0.39 is 0 Å². The lowest BCUT2D eigenvalue weighted by Crippen LogP contribution is -2.06. The Balaban J connectivity index is 3.10. The fourth-order valence-electron chi connectivity index (χ4n) is 0.601. The van der Waals surface area contributed by atoms with Gasteiger partial charge in [-0.3, -0.25) is 0 Å². The van der Waals surface area contributed by atoms with Gasteiger partial charge in [0, 0.05) is 6.54 Å². The maximum Gasteiger partial charge on any atom is 0.0455 e. The Labute approximate surface area is 63.0 Å². The summed E-state index contributed by atoms with van der Waals surface area (Å²) in [5, 5.41) is 3.08. The smallest absolute Gasteiger partial charge is 0.0455 e. The molecular formula is C8H16N2. The minimum absolute atomic E-state index is 0.836. The van der Waals surface area contributed by atoms with E-state index in [0.29, 0.717) is 0 Å². The van der Waals surface area contributed by atoms with Crippen molar-refractivity contribution in [3.63, 3.8) is 0 Å². The van der Waals surface area contributed by atoms with Gasteiger partial charge in [-0.15, -0.1) is 0 Å². The van der Waals surface area contributed by atoms with Crippen molar-refractivity contribution in [2.24, 2.45) is 4.99 Å².